The maximum Gasteiger partial charge on any atom is -0.0351 e. The van der Waals surface area contributed by atoms with Crippen molar-refractivity contribution in [2.24, 2.45) is 11.8 Å². The van der Waals surface area contributed by atoms with Gasteiger partial charge in [0.05, 0.1) is 0 Å². The minimum absolute atomic E-state index is 0.928. The van der Waals surface area contributed by atoms with Crippen molar-refractivity contribution in [1.82, 2.24) is 0 Å². The van der Waals surface area contributed by atoms with Crippen molar-refractivity contribution in [2.75, 3.05) is 0 Å². The predicted octanol–water partition coefficient (Wildman–Crippen LogP) is 11.1. The molecular formula is C30H58. The molecule has 30 heavy (non-hydrogen) atoms. The SMILES string of the molecule is [CH2]CCCCC=CCCCCC(C)CCCCCC(C)CCCCCCCCC[CH2]. The Bertz CT molecular complexity index is 329. The van der Waals surface area contributed by atoms with Gasteiger partial charge >= 0.3 is 0 Å². The highest BCUT2D eigenvalue weighted by molar-refractivity contribution is 4.81. The van der Waals surface area contributed by atoms with E-state index in [0.717, 1.165) is 24.7 Å². The molecule has 0 aliphatic carbocycles. The lowest BCUT2D eigenvalue weighted by molar-refractivity contribution is 0.410. The van der Waals surface area contributed by atoms with Crippen molar-refractivity contribution >= 4 is 0 Å². The topological polar surface area (TPSA) is 0 Å². The van der Waals surface area contributed by atoms with Gasteiger partial charge in [0.15, 0.2) is 0 Å². The molecule has 0 spiro atoms. The quantitative estimate of drug-likeness (QED) is 0.108. The first-order chi connectivity index (χ1) is 14.7. The van der Waals surface area contributed by atoms with E-state index >= 15 is 0 Å². The Kier molecular flexibility index (Phi) is 24.8. The summed E-state index contributed by atoms with van der Waals surface area (Å²) < 4.78 is 0. The van der Waals surface area contributed by atoms with E-state index in [9.17, 15) is 0 Å². The van der Waals surface area contributed by atoms with Gasteiger partial charge in [-0.25, -0.2) is 0 Å². The van der Waals surface area contributed by atoms with Gasteiger partial charge in [-0.15, -0.1) is 0 Å². The lowest BCUT2D eigenvalue weighted by Gasteiger charge is -2.13. The van der Waals surface area contributed by atoms with Crippen molar-refractivity contribution in [3.05, 3.63) is 26.0 Å². The summed E-state index contributed by atoms with van der Waals surface area (Å²) >= 11 is 0. The molecule has 0 aromatic rings. The summed E-state index contributed by atoms with van der Waals surface area (Å²) in [5.74, 6) is 1.87. The Morgan fingerprint density at radius 1 is 0.433 bits per heavy atom. The monoisotopic (exact) mass is 418 g/mol. The normalized spacial score (nSPS) is 13.9. The lowest BCUT2D eigenvalue weighted by atomic mass is 9.93. The fraction of sp³-hybridized carbons (Fsp3) is 0.867. The summed E-state index contributed by atoms with van der Waals surface area (Å²) in [4.78, 5) is 0. The van der Waals surface area contributed by atoms with Gasteiger partial charge in [-0.2, -0.15) is 0 Å². The van der Waals surface area contributed by atoms with E-state index in [-0.39, 0.29) is 0 Å². The van der Waals surface area contributed by atoms with Crippen molar-refractivity contribution in [1.29, 1.82) is 0 Å². The molecule has 0 rings (SSSR count). The molecule has 0 amide bonds. The third-order valence-electron chi connectivity index (χ3n) is 6.70. The summed E-state index contributed by atoms with van der Waals surface area (Å²) in [5, 5.41) is 0. The number of allylic oxidation sites excluding steroid dienone is 2. The van der Waals surface area contributed by atoms with Gasteiger partial charge in [-0.05, 0) is 37.5 Å². The second-order valence-corrected chi connectivity index (χ2v) is 10.1. The smallest absolute Gasteiger partial charge is 0.0351 e. The Morgan fingerprint density at radius 2 is 0.733 bits per heavy atom. The van der Waals surface area contributed by atoms with Crippen LogP contribution in [0.4, 0.5) is 0 Å². The molecule has 2 radical (unpaired) electrons. The van der Waals surface area contributed by atoms with Crippen molar-refractivity contribution < 1.29 is 0 Å². The zero-order chi connectivity index (χ0) is 22.1. The molecule has 0 heterocycles. The standard InChI is InChI=1S/C30H58/c1-5-7-9-11-13-15-17-19-22-26-30(4)28-24-20-23-27-29(3)25-21-18-16-14-12-10-8-6-2/h13,15,29-30H,1-2,5-12,14,16-28H2,3-4H3. The number of hydrogen-bond acceptors (Lipinski definition) is 0. The molecule has 0 N–H and O–H groups in total. The first-order valence-corrected chi connectivity index (χ1v) is 13.9. The second kappa shape index (κ2) is 25.0. The van der Waals surface area contributed by atoms with Gasteiger partial charge in [0.2, 0.25) is 0 Å². The van der Waals surface area contributed by atoms with E-state index in [1.165, 1.54) is 128 Å². The summed E-state index contributed by atoms with van der Waals surface area (Å²) in [6.45, 7) is 12.8. The van der Waals surface area contributed by atoms with E-state index in [0.29, 0.717) is 0 Å². The fourth-order valence-electron chi connectivity index (χ4n) is 4.43. The largest absolute Gasteiger partial charge is 0.0885 e. The van der Waals surface area contributed by atoms with Crippen LogP contribution in [0.1, 0.15) is 155 Å². The van der Waals surface area contributed by atoms with Crippen LogP contribution < -0.4 is 0 Å². The predicted molar refractivity (Wildman–Crippen MR) is 140 cm³/mol. The van der Waals surface area contributed by atoms with Crippen LogP contribution >= 0.6 is 0 Å². The second-order valence-electron chi connectivity index (χ2n) is 10.1. The van der Waals surface area contributed by atoms with Crippen molar-refractivity contribution in [3.8, 4) is 0 Å². The van der Waals surface area contributed by atoms with Crippen molar-refractivity contribution in [2.45, 2.75) is 155 Å². The first kappa shape index (κ1) is 29.7. The number of rotatable bonds is 24. The minimum Gasteiger partial charge on any atom is -0.0885 e. The van der Waals surface area contributed by atoms with Crippen LogP contribution in [0.2, 0.25) is 0 Å². The summed E-state index contributed by atoms with van der Waals surface area (Å²) in [7, 11) is 0. The van der Waals surface area contributed by atoms with Crippen LogP contribution in [0.3, 0.4) is 0 Å². The molecule has 178 valence electrons. The highest BCUT2D eigenvalue weighted by Crippen LogP contribution is 2.21. The van der Waals surface area contributed by atoms with Gasteiger partial charge in [-0.3, -0.25) is 0 Å². The third kappa shape index (κ3) is 24.0. The molecule has 0 nitrogen and oxygen atoms in total. The lowest BCUT2D eigenvalue weighted by Crippen LogP contribution is -1.97. The average molecular weight is 419 g/mol. The molecular weight excluding hydrogens is 360 g/mol. The summed E-state index contributed by atoms with van der Waals surface area (Å²) in [6, 6.07) is 0. The molecule has 0 fully saturated rings. The van der Waals surface area contributed by atoms with Crippen LogP contribution in [0.15, 0.2) is 12.2 Å². The van der Waals surface area contributed by atoms with E-state index in [4.69, 9.17) is 0 Å². The Morgan fingerprint density at radius 3 is 1.20 bits per heavy atom. The Labute approximate surface area is 193 Å². The third-order valence-corrected chi connectivity index (χ3v) is 6.70. The Balaban J connectivity index is 3.32. The summed E-state index contributed by atoms with van der Waals surface area (Å²) in [5.41, 5.74) is 0. The number of hydrogen-bond donors (Lipinski definition) is 0. The molecule has 2 unspecified atom stereocenters. The molecule has 0 saturated carbocycles. The highest BCUT2D eigenvalue weighted by Gasteiger charge is 2.04. The van der Waals surface area contributed by atoms with E-state index < -0.39 is 0 Å². The molecule has 0 aromatic heterocycles. The maximum atomic E-state index is 3.92. The fourth-order valence-corrected chi connectivity index (χ4v) is 4.43. The minimum atomic E-state index is 0.928. The highest BCUT2D eigenvalue weighted by atomic mass is 14.1. The molecule has 0 aliphatic heterocycles. The molecule has 0 aromatic carbocycles. The van der Waals surface area contributed by atoms with Gasteiger partial charge in [-0.1, -0.05) is 155 Å². The number of unbranched alkanes of at least 4 members (excludes halogenated alkanes) is 14. The van der Waals surface area contributed by atoms with Crippen LogP contribution in [0.5, 0.6) is 0 Å². The van der Waals surface area contributed by atoms with Crippen LogP contribution in [0, 0.1) is 25.7 Å². The van der Waals surface area contributed by atoms with Gasteiger partial charge in [0.1, 0.15) is 0 Å². The first-order valence-electron chi connectivity index (χ1n) is 13.9. The van der Waals surface area contributed by atoms with E-state index in [2.05, 4.69) is 39.8 Å². The summed E-state index contributed by atoms with van der Waals surface area (Å²) in [6.07, 6.45) is 35.0. The van der Waals surface area contributed by atoms with Gasteiger partial charge < -0.3 is 0 Å². The van der Waals surface area contributed by atoms with Crippen LogP contribution in [-0.4, -0.2) is 0 Å². The van der Waals surface area contributed by atoms with Gasteiger partial charge in [0, 0.05) is 0 Å². The van der Waals surface area contributed by atoms with E-state index in [1.807, 2.05) is 0 Å². The average Bonchev–Trinajstić information content (AvgIpc) is 2.74. The maximum absolute atomic E-state index is 3.92. The van der Waals surface area contributed by atoms with E-state index in [1.54, 1.807) is 0 Å². The van der Waals surface area contributed by atoms with Gasteiger partial charge in [0.25, 0.3) is 0 Å². The molecule has 0 bridgehead atoms. The molecule has 0 aliphatic rings. The molecule has 0 heteroatoms. The zero-order valence-corrected chi connectivity index (χ0v) is 21.3. The Hall–Kier alpha value is -0.260. The van der Waals surface area contributed by atoms with Crippen LogP contribution in [0.25, 0.3) is 0 Å². The zero-order valence-electron chi connectivity index (χ0n) is 21.3. The van der Waals surface area contributed by atoms with Crippen molar-refractivity contribution in [3.63, 3.8) is 0 Å². The molecule has 2 atom stereocenters. The molecule has 0 saturated heterocycles. The van der Waals surface area contributed by atoms with Crippen LogP contribution in [-0.2, 0) is 0 Å².